The Morgan fingerprint density at radius 3 is 2.35 bits per heavy atom. The van der Waals surface area contributed by atoms with E-state index in [1.54, 1.807) is 30.3 Å². The Balaban J connectivity index is 1.97. The number of phenolic OH excluding ortho intramolecular Hbond substituents is 1. The second kappa shape index (κ2) is 7.27. The number of hydrogen-bond donors (Lipinski definition) is 4. The van der Waals surface area contributed by atoms with Gasteiger partial charge >= 0.3 is 5.97 Å². The number of nitrogens with zero attached hydrogens (tertiary/aromatic N) is 2. The van der Waals surface area contributed by atoms with Gasteiger partial charge in [0.25, 0.3) is 10.1 Å². The van der Waals surface area contributed by atoms with Gasteiger partial charge in [-0.15, -0.1) is 5.11 Å². The van der Waals surface area contributed by atoms with Crippen LogP contribution in [0.5, 0.6) is 5.75 Å². The second-order valence-corrected chi connectivity index (χ2v) is 8.32. The van der Waals surface area contributed by atoms with Crippen molar-refractivity contribution in [1.82, 2.24) is 0 Å². The molecule has 0 bridgehead atoms. The van der Waals surface area contributed by atoms with Crippen LogP contribution in [0.2, 0.25) is 0 Å². The molecule has 1 aliphatic rings. The van der Waals surface area contributed by atoms with Gasteiger partial charge in [-0.25, -0.2) is 4.79 Å². The van der Waals surface area contributed by atoms with Crippen LogP contribution in [0, 0.1) is 0 Å². The van der Waals surface area contributed by atoms with Crippen LogP contribution in [-0.2, 0) is 20.5 Å². The van der Waals surface area contributed by atoms with Crippen molar-refractivity contribution in [2.75, 3.05) is 0 Å². The Kier molecular flexibility index (Phi) is 4.85. The normalized spacial score (nSPS) is 20.8. The molecule has 0 saturated heterocycles. The number of aromatic hydroxyl groups is 1. The van der Waals surface area contributed by atoms with Crippen LogP contribution in [0.1, 0.15) is 11.1 Å². The van der Waals surface area contributed by atoms with Crippen molar-refractivity contribution in [3.63, 3.8) is 0 Å². The third kappa shape index (κ3) is 3.26. The lowest BCUT2D eigenvalue weighted by Crippen LogP contribution is -2.45. The van der Waals surface area contributed by atoms with E-state index in [-0.39, 0.29) is 22.0 Å². The Bertz CT molecular complexity index is 1380. The van der Waals surface area contributed by atoms with Crippen molar-refractivity contribution in [2.24, 2.45) is 10.2 Å². The van der Waals surface area contributed by atoms with Gasteiger partial charge in [0.1, 0.15) is 22.4 Å². The van der Waals surface area contributed by atoms with E-state index in [4.69, 9.17) is 0 Å². The van der Waals surface area contributed by atoms with Gasteiger partial charge in [-0.3, -0.25) is 4.55 Å². The molecule has 4 rings (SSSR count). The van der Waals surface area contributed by atoms with Crippen LogP contribution in [-0.4, -0.2) is 40.4 Å². The first kappa shape index (κ1) is 20.7. The fraction of sp³-hybridized carbons (Fsp3) is 0.0952. The number of aliphatic carboxylic acids is 1. The van der Waals surface area contributed by atoms with Crippen molar-refractivity contribution >= 4 is 38.6 Å². The molecule has 10 heteroatoms. The highest BCUT2D eigenvalue weighted by molar-refractivity contribution is 7.86. The number of carboxylic acid groups (broad SMARTS) is 1. The summed E-state index contributed by atoms with van der Waals surface area (Å²) in [6.07, 6.45) is 1.31. The monoisotopic (exact) mass is 440 g/mol. The first-order valence-electron chi connectivity index (χ1n) is 9.00. The summed E-state index contributed by atoms with van der Waals surface area (Å²) in [7, 11) is -4.65. The van der Waals surface area contributed by atoms with Gasteiger partial charge < -0.3 is 15.3 Å². The second-order valence-electron chi connectivity index (χ2n) is 6.93. The Morgan fingerprint density at radius 1 is 1.03 bits per heavy atom. The molecular weight excluding hydrogens is 424 g/mol. The number of fused-ring (bicyclic) bond motifs is 2. The van der Waals surface area contributed by atoms with Gasteiger partial charge in [0.15, 0.2) is 0 Å². The van der Waals surface area contributed by atoms with Crippen LogP contribution in [0.4, 0.5) is 5.69 Å². The molecule has 31 heavy (non-hydrogen) atoms. The molecule has 0 radical (unpaired) electrons. The van der Waals surface area contributed by atoms with E-state index in [0.29, 0.717) is 5.56 Å². The van der Waals surface area contributed by atoms with Crippen molar-refractivity contribution < 1.29 is 33.1 Å². The van der Waals surface area contributed by atoms with Gasteiger partial charge in [-0.05, 0) is 5.56 Å². The average Bonchev–Trinajstić information content (AvgIpc) is 2.73. The van der Waals surface area contributed by atoms with Crippen molar-refractivity contribution in [2.45, 2.75) is 16.5 Å². The van der Waals surface area contributed by atoms with E-state index in [9.17, 15) is 33.1 Å². The number of phenols is 1. The molecule has 9 nitrogen and oxygen atoms in total. The van der Waals surface area contributed by atoms with Crippen LogP contribution >= 0.6 is 0 Å². The number of carboxylic acids is 1. The van der Waals surface area contributed by atoms with Gasteiger partial charge in [0.2, 0.25) is 5.54 Å². The number of rotatable bonds is 4. The van der Waals surface area contributed by atoms with Crippen LogP contribution in [0.25, 0.3) is 16.8 Å². The topological polar surface area (TPSA) is 157 Å². The maximum atomic E-state index is 12.3. The van der Waals surface area contributed by atoms with Crippen molar-refractivity contribution in [3.05, 3.63) is 71.8 Å². The maximum absolute atomic E-state index is 12.3. The molecule has 0 spiro atoms. The van der Waals surface area contributed by atoms with Gasteiger partial charge in [0.05, 0.1) is 0 Å². The SMILES string of the molecule is O=C(O)C1(N=Nc2c(O)cc(S(=O)(=O)O)c3ccccc23)c2ccccc2C=CC1O. The number of aliphatic hydroxyl groups is 1. The van der Waals surface area contributed by atoms with E-state index >= 15 is 0 Å². The molecule has 3 aromatic carbocycles. The minimum atomic E-state index is -4.65. The quantitative estimate of drug-likeness (QED) is 0.358. The molecule has 0 heterocycles. The predicted octanol–water partition coefficient (Wildman–Crippen LogP) is 3.24. The summed E-state index contributed by atoms with van der Waals surface area (Å²) < 4.78 is 32.9. The van der Waals surface area contributed by atoms with E-state index in [2.05, 4.69) is 10.2 Å². The summed E-state index contributed by atoms with van der Waals surface area (Å²) >= 11 is 0. The van der Waals surface area contributed by atoms with E-state index in [1.807, 2.05) is 0 Å². The van der Waals surface area contributed by atoms with Gasteiger partial charge in [-0.1, -0.05) is 60.7 Å². The standard InChI is InChI=1S/C21H16N2O7S/c24-16-11-17(31(28,29)30)13-6-2-3-7-14(13)19(16)22-23-21(20(26)27)15-8-4-1-5-12(15)9-10-18(21)25/h1-11,18,24-25H,(H,26,27)(H,28,29,30). The average molecular weight is 440 g/mol. The molecule has 0 fully saturated rings. The molecule has 3 aromatic rings. The molecule has 158 valence electrons. The zero-order chi connectivity index (χ0) is 22.4. The molecule has 4 N–H and O–H groups in total. The summed E-state index contributed by atoms with van der Waals surface area (Å²) in [6, 6.07) is 13.2. The lowest BCUT2D eigenvalue weighted by Gasteiger charge is -2.32. The fourth-order valence-corrected chi connectivity index (χ4v) is 4.36. The number of carbonyl (C=O) groups is 1. The van der Waals surface area contributed by atoms with Crippen LogP contribution < -0.4 is 0 Å². The summed E-state index contributed by atoms with van der Waals surface area (Å²) in [5.41, 5.74) is -1.65. The highest BCUT2D eigenvalue weighted by Crippen LogP contribution is 2.43. The minimum absolute atomic E-state index is 0.0608. The third-order valence-electron chi connectivity index (χ3n) is 5.13. The lowest BCUT2D eigenvalue weighted by atomic mass is 9.78. The van der Waals surface area contributed by atoms with Crippen LogP contribution in [0.3, 0.4) is 0 Å². The molecular formula is C21H16N2O7S. The predicted molar refractivity (Wildman–Crippen MR) is 111 cm³/mol. The largest absolute Gasteiger partial charge is 0.506 e. The Hall–Kier alpha value is -3.60. The summed E-state index contributed by atoms with van der Waals surface area (Å²) in [4.78, 5) is 11.8. The number of aliphatic hydroxyl groups excluding tert-OH is 1. The first-order chi connectivity index (χ1) is 14.7. The molecule has 0 aromatic heterocycles. The Morgan fingerprint density at radius 2 is 1.68 bits per heavy atom. The summed E-state index contributed by atoms with van der Waals surface area (Å²) in [5, 5.41) is 39.0. The molecule has 0 aliphatic heterocycles. The smallest absolute Gasteiger partial charge is 0.341 e. The third-order valence-corrected chi connectivity index (χ3v) is 6.02. The summed E-state index contributed by atoms with van der Waals surface area (Å²) in [5.74, 6) is -2.09. The molecule has 1 aliphatic carbocycles. The van der Waals surface area contributed by atoms with E-state index in [1.165, 1.54) is 30.3 Å². The van der Waals surface area contributed by atoms with E-state index in [0.717, 1.165) is 6.07 Å². The first-order valence-corrected chi connectivity index (χ1v) is 10.4. The van der Waals surface area contributed by atoms with Crippen molar-refractivity contribution in [3.8, 4) is 5.75 Å². The zero-order valence-electron chi connectivity index (χ0n) is 15.7. The lowest BCUT2D eigenvalue weighted by molar-refractivity contribution is -0.147. The highest BCUT2D eigenvalue weighted by Gasteiger charge is 2.50. The number of benzene rings is 3. The molecule has 2 atom stereocenters. The minimum Gasteiger partial charge on any atom is -0.506 e. The maximum Gasteiger partial charge on any atom is 0.341 e. The Labute approximate surface area is 176 Å². The van der Waals surface area contributed by atoms with E-state index < -0.39 is 38.4 Å². The molecule has 2 unspecified atom stereocenters. The molecule has 0 amide bonds. The zero-order valence-corrected chi connectivity index (χ0v) is 16.6. The van der Waals surface area contributed by atoms with Crippen LogP contribution in [0.15, 0.2) is 75.8 Å². The summed E-state index contributed by atoms with van der Waals surface area (Å²) in [6.45, 7) is 0. The van der Waals surface area contributed by atoms with Gasteiger partial charge in [0, 0.05) is 22.4 Å². The number of hydrogen-bond acceptors (Lipinski definition) is 7. The number of azo groups is 1. The van der Waals surface area contributed by atoms with Gasteiger partial charge in [-0.2, -0.15) is 13.5 Å². The highest BCUT2D eigenvalue weighted by atomic mass is 32.2. The molecule has 0 saturated carbocycles. The van der Waals surface area contributed by atoms with Crippen molar-refractivity contribution in [1.29, 1.82) is 0 Å². The fourth-order valence-electron chi connectivity index (χ4n) is 3.64.